The first-order valence-electron chi connectivity index (χ1n) is 7.74. The van der Waals surface area contributed by atoms with Crippen LogP contribution in [0, 0.1) is 0 Å². The lowest BCUT2D eigenvalue weighted by molar-refractivity contribution is 0.186. The zero-order chi connectivity index (χ0) is 16.4. The molecule has 0 saturated carbocycles. The molecule has 1 aliphatic rings. The van der Waals surface area contributed by atoms with Crippen molar-refractivity contribution in [3.63, 3.8) is 0 Å². The van der Waals surface area contributed by atoms with E-state index in [1.807, 2.05) is 12.1 Å². The number of aromatic amines is 1. The van der Waals surface area contributed by atoms with Gasteiger partial charge in [-0.25, -0.2) is 9.78 Å². The number of hydrogen-bond acceptors (Lipinski definition) is 4. The minimum Gasteiger partial charge on any atom is -0.385 e. The SMILES string of the molecule is CC1CN(C(=O)NCc2nc([C@@H](C)O)n[nH]2)Cc2ccccc21. The van der Waals surface area contributed by atoms with Crippen molar-refractivity contribution in [3.05, 3.63) is 47.0 Å². The number of aromatic nitrogens is 3. The lowest BCUT2D eigenvalue weighted by Crippen LogP contribution is -2.43. The van der Waals surface area contributed by atoms with E-state index >= 15 is 0 Å². The zero-order valence-electron chi connectivity index (χ0n) is 13.3. The van der Waals surface area contributed by atoms with Crippen molar-refractivity contribution in [2.75, 3.05) is 6.54 Å². The summed E-state index contributed by atoms with van der Waals surface area (Å²) in [6.07, 6.45) is -0.727. The fraction of sp³-hybridized carbons (Fsp3) is 0.438. The molecule has 2 atom stereocenters. The molecule has 0 spiro atoms. The Kier molecular flexibility index (Phi) is 4.29. The number of nitrogens with zero attached hydrogens (tertiary/aromatic N) is 3. The highest BCUT2D eigenvalue weighted by molar-refractivity contribution is 5.74. The standard InChI is InChI=1S/C16H21N5O2/c1-10-8-21(9-12-5-3-4-6-13(10)12)16(23)17-7-14-18-15(11(2)22)20-19-14/h3-6,10-11,22H,7-9H2,1-2H3,(H,17,23)(H,18,19,20)/t10?,11-/m1/s1. The van der Waals surface area contributed by atoms with Crippen LogP contribution in [0.1, 0.15) is 48.6 Å². The number of amides is 2. The minimum absolute atomic E-state index is 0.124. The molecule has 0 fully saturated rings. The predicted molar refractivity (Wildman–Crippen MR) is 84.5 cm³/mol. The van der Waals surface area contributed by atoms with Crippen LogP contribution in [0.2, 0.25) is 0 Å². The van der Waals surface area contributed by atoms with Gasteiger partial charge < -0.3 is 15.3 Å². The molecule has 2 heterocycles. The highest BCUT2D eigenvalue weighted by Crippen LogP contribution is 2.27. The summed E-state index contributed by atoms with van der Waals surface area (Å²) >= 11 is 0. The molecule has 0 radical (unpaired) electrons. The summed E-state index contributed by atoms with van der Waals surface area (Å²) in [5.41, 5.74) is 2.51. The highest BCUT2D eigenvalue weighted by Gasteiger charge is 2.25. The maximum absolute atomic E-state index is 12.4. The van der Waals surface area contributed by atoms with Crippen molar-refractivity contribution in [3.8, 4) is 0 Å². The van der Waals surface area contributed by atoms with E-state index in [1.54, 1.807) is 11.8 Å². The minimum atomic E-state index is -0.727. The van der Waals surface area contributed by atoms with Gasteiger partial charge in [0.05, 0.1) is 6.54 Å². The number of urea groups is 1. The van der Waals surface area contributed by atoms with Crippen molar-refractivity contribution in [2.24, 2.45) is 0 Å². The Morgan fingerprint density at radius 2 is 2.30 bits per heavy atom. The zero-order valence-corrected chi connectivity index (χ0v) is 13.3. The van der Waals surface area contributed by atoms with Gasteiger partial charge in [0.2, 0.25) is 0 Å². The van der Waals surface area contributed by atoms with Crippen LogP contribution in [0.25, 0.3) is 0 Å². The smallest absolute Gasteiger partial charge is 0.318 e. The fourth-order valence-corrected chi connectivity index (χ4v) is 2.86. The monoisotopic (exact) mass is 315 g/mol. The van der Waals surface area contributed by atoms with Gasteiger partial charge in [-0.3, -0.25) is 5.10 Å². The van der Waals surface area contributed by atoms with Crippen LogP contribution in [0.4, 0.5) is 4.79 Å². The number of aliphatic hydroxyl groups excluding tert-OH is 1. The van der Waals surface area contributed by atoms with E-state index < -0.39 is 6.10 Å². The number of nitrogens with one attached hydrogen (secondary N) is 2. The maximum Gasteiger partial charge on any atom is 0.318 e. The number of benzene rings is 1. The Morgan fingerprint density at radius 3 is 3.04 bits per heavy atom. The van der Waals surface area contributed by atoms with Gasteiger partial charge in [-0.05, 0) is 24.0 Å². The first kappa shape index (κ1) is 15.5. The van der Waals surface area contributed by atoms with Gasteiger partial charge in [-0.2, -0.15) is 5.10 Å². The van der Waals surface area contributed by atoms with Crippen LogP contribution < -0.4 is 5.32 Å². The van der Waals surface area contributed by atoms with E-state index in [-0.39, 0.29) is 12.6 Å². The van der Waals surface area contributed by atoms with E-state index in [0.717, 1.165) is 0 Å². The number of fused-ring (bicyclic) bond motifs is 1. The lowest BCUT2D eigenvalue weighted by atomic mass is 9.91. The first-order valence-corrected chi connectivity index (χ1v) is 7.74. The molecule has 0 bridgehead atoms. The van der Waals surface area contributed by atoms with Crippen LogP contribution in [0.15, 0.2) is 24.3 Å². The molecule has 1 aromatic carbocycles. The average molecular weight is 315 g/mol. The molecule has 23 heavy (non-hydrogen) atoms. The van der Waals surface area contributed by atoms with E-state index in [1.165, 1.54) is 11.1 Å². The summed E-state index contributed by atoms with van der Waals surface area (Å²) in [4.78, 5) is 18.3. The number of aliphatic hydroxyl groups is 1. The molecule has 0 aliphatic carbocycles. The van der Waals surface area contributed by atoms with Gasteiger partial charge in [-0.1, -0.05) is 31.2 Å². The molecule has 3 N–H and O–H groups in total. The first-order chi connectivity index (χ1) is 11.0. The summed E-state index contributed by atoms with van der Waals surface area (Å²) in [5, 5.41) is 18.9. The molecular weight excluding hydrogens is 294 g/mol. The van der Waals surface area contributed by atoms with Crippen molar-refractivity contribution >= 4 is 6.03 Å². The number of rotatable bonds is 3. The Labute approximate surface area is 134 Å². The molecule has 1 unspecified atom stereocenters. The third kappa shape index (κ3) is 3.34. The Bertz CT molecular complexity index is 697. The molecule has 2 amide bonds. The second-order valence-electron chi connectivity index (χ2n) is 5.96. The topological polar surface area (TPSA) is 94.1 Å². The van der Waals surface area contributed by atoms with Gasteiger partial charge in [0.25, 0.3) is 0 Å². The molecule has 1 aliphatic heterocycles. The van der Waals surface area contributed by atoms with Gasteiger partial charge in [-0.15, -0.1) is 0 Å². The molecule has 2 aromatic rings. The third-order valence-corrected chi connectivity index (χ3v) is 4.06. The number of hydrogen-bond donors (Lipinski definition) is 3. The summed E-state index contributed by atoms with van der Waals surface area (Å²) in [5.74, 6) is 1.17. The van der Waals surface area contributed by atoms with Crippen molar-refractivity contribution in [1.29, 1.82) is 0 Å². The molecule has 7 nitrogen and oxygen atoms in total. The normalized spacial score (nSPS) is 18.4. The van der Waals surface area contributed by atoms with Crippen molar-refractivity contribution in [2.45, 2.75) is 39.0 Å². The summed E-state index contributed by atoms with van der Waals surface area (Å²) in [6.45, 7) is 5.28. The average Bonchev–Trinajstić information content (AvgIpc) is 3.02. The molecular formula is C16H21N5O2. The van der Waals surface area contributed by atoms with Crippen molar-refractivity contribution < 1.29 is 9.90 Å². The van der Waals surface area contributed by atoms with Crippen LogP contribution >= 0.6 is 0 Å². The maximum atomic E-state index is 12.4. The molecule has 0 saturated heterocycles. The molecule has 3 rings (SSSR count). The van der Waals surface area contributed by atoms with Gasteiger partial charge >= 0.3 is 6.03 Å². The highest BCUT2D eigenvalue weighted by atomic mass is 16.3. The van der Waals surface area contributed by atoms with Crippen LogP contribution in [0.5, 0.6) is 0 Å². The quantitative estimate of drug-likeness (QED) is 0.803. The summed E-state index contributed by atoms with van der Waals surface area (Å²) < 4.78 is 0. The van der Waals surface area contributed by atoms with E-state index in [4.69, 9.17) is 0 Å². The predicted octanol–water partition coefficient (Wildman–Crippen LogP) is 1.69. The summed E-state index contributed by atoms with van der Waals surface area (Å²) in [6, 6.07) is 8.10. The Balaban J connectivity index is 1.61. The Hall–Kier alpha value is -2.41. The van der Waals surface area contributed by atoms with Crippen LogP contribution in [-0.2, 0) is 13.1 Å². The van der Waals surface area contributed by atoms with Gasteiger partial charge in [0.15, 0.2) is 5.82 Å². The third-order valence-electron chi connectivity index (χ3n) is 4.06. The van der Waals surface area contributed by atoms with Crippen molar-refractivity contribution in [1.82, 2.24) is 25.4 Å². The Morgan fingerprint density at radius 1 is 1.52 bits per heavy atom. The fourth-order valence-electron chi connectivity index (χ4n) is 2.86. The number of carbonyl (C=O) groups is 1. The molecule has 1 aromatic heterocycles. The van der Waals surface area contributed by atoms with Gasteiger partial charge in [0, 0.05) is 13.1 Å². The number of carbonyl (C=O) groups excluding carboxylic acids is 1. The lowest BCUT2D eigenvalue weighted by Gasteiger charge is -2.33. The largest absolute Gasteiger partial charge is 0.385 e. The number of H-pyrrole nitrogens is 1. The molecule has 7 heteroatoms. The second kappa shape index (κ2) is 6.37. The van der Waals surface area contributed by atoms with E-state index in [0.29, 0.717) is 30.7 Å². The summed E-state index contributed by atoms with van der Waals surface area (Å²) in [7, 11) is 0. The van der Waals surface area contributed by atoms with E-state index in [2.05, 4.69) is 39.6 Å². The van der Waals surface area contributed by atoms with Gasteiger partial charge in [0.1, 0.15) is 11.9 Å². The van der Waals surface area contributed by atoms with Crippen LogP contribution in [0.3, 0.4) is 0 Å². The van der Waals surface area contributed by atoms with Crippen LogP contribution in [-0.4, -0.2) is 37.8 Å². The second-order valence-corrected chi connectivity index (χ2v) is 5.96. The molecule has 122 valence electrons. The van der Waals surface area contributed by atoms with E-state index in [9.17, 15) is 9.90 Å².